The number of amides is 1. The quantitative estimate of drug-likeness (QED) is 0.668. The van der Waals surface area contributed by atoms with Gasteiger partial charge in [0.1, 0.15) is 11.3 Å². The summed E-state index contributed by atoms with van der Waals surface area (Å²) in [6, 6.07) is 0. The molecule has 0 unspecified atom stereocenters. The van der Waals surface area contributed by atoms with Crippen molar-refractivity contribution in [3.63, 3.8) is 0 Å². The van der Waals surface area contributed by atoms with Gasteiger partial charge >= 0.3 is 0 Å². The summed E-state index contributed by atoms with van der Waals surface area (Å²) in [5, 5.41) is 0. The van der Waals surface area contributed by atoms with Crippen LogP contribution in [0.1, 0.15) is 28.8 Å². The minimum atomic E-state index is 0.0260. The van der Waals surface area contributed by atoms with E-state index >= 15 is 0 Å². The van der Waals surface area contributed by atoms with Crippen molar-refractivity contribution in [3.8, 4) is 0 Å². The molecule has 0 saturated carbocycles. The van der Waals surface area contributed by atoms with Crippen LogP contribution in [0, 0.1) is 13.8 Å². The molecule has 1 aromatic heterocycles. The van der Waals surface area contributed by atoms with E-state index in [0.717, 1.165) is 11.5 Å². The van der Waals surface area contributed by atoms with Crippen molar-refractivity contribution in [2.75, 3.05) is 13.6 Å². The van der Waals surface area contributed by atoms with Crippen molar-refractivity contribution in [1.82, 2.24) is 9.88 Å². The van der Waals surface area contributed by atoms with Gasteiger partial charge in [0.25, 0.3) is 11.7 Å². The van der Waals surface area contributed by atoms with E-state index in [1.54, 1.807) is 18.1 Å². The number of hydrogen-bond acceptors (Lipinski definition) is 2. The van der Waals surface area contributed by atoms with Crippen LogP contribution in [-0.2, 0) is 7.05 Å². The second-order valence-corrected chi connectivity index (χ2v) is 3.68. The van der Waals surface area contributed by atoms with Crippen molar-refractivity contribution in [1.29, 1.82) is 0 Å². The molecule has 1 aromatic rings. The van der Waals surface area contributed by atoms with Crippen LogP contribution in [0.2, 0.25) is 0 Å². The summed E-state index contributed by atoms with van der Waals surface area (Å²) >= 11 is 0. The minimum absolute atomic E-state index is 0.0260. The highest BCUT2D eigenvalue weighted by molar-refractivity contribution is 5.94. The lowest BCUT2D eigenvalue weighted by atomic mass is 10.2. The van der Waals surface area contributed by atoms with Crippen LogP contribution in [0.25, 0.3) is 0 Å². The number of carbonyl (C=O) groups excluding carboxylic acids is 1. The Labute approximate surface area is 90.6 Å². The molecular formula is C11H18N3O+. The molecule has 0 aliphatic carbocycles. The van der Waals surface area contributed by atoms with E-state index < -0.39 is 0 Å². The monoisotopic (exact) mass is 208 g/mol. The van der Waals surface area contributed by atoms with Crippen molar-refractivity contribution < 1.29 is 9.36 Å². The Morgan fingerprint density at radius 3 is 2.67 bits per heavy atom. The third kappa shape index (κ3) is 2.14. The molecular weight excluding hydrogens is 190 g/mol. The molecule has 82 valence electrons. The average molecular weight is 208 g/mol. The van der Waals surface area contributed by atoms with Crippen LogP contribution >= 0.6 is 0 Å². The highest BCUT2D eigenvalue weighted by Gasteiger charge is 2.20. The van der Waals surface area contributed by atoms with Crippen molar-refractivity contribution in [2.24, 2.45) is 7.05 Å². The first-order valence-corrected chi connectivity index (χ1v) is 5.06. The van der Waals surface area contributed by atoms with Crippen LogP contribution in [0.3, 0.4) is 0 Å². The molecule has 0 atom stereocenters. The predicted octanol–water partition coefficient (Wildman–Crippen LogP) is 0.615. The molecule has 0 bridgehead atoms. The zero-order valence-electron chi connectivity index (χ0n) is 10.0. The van der Waals surface area contributed by atoms with Gasteiger partial charge in [0.15, 0.2) is 6.20 Å². The van der Waals surface area contributed by atoms with E-state index in [1.165, 1.54) is 0 Å². The summed E-state index contributed by atoms with van der Waals surface area (Å²) in [6.07, 6.45) is 1.65. The molecule has 0 saturated heterocycles. The largest absolute Gasteiger partial charge is 0.342 e. The molecule has 4 nitrogen and oxygen atoms in total. The first-order valence-electron chi connectivity index (χ1n) is 5.06. The Kier molecular flexibility index (Phi) is 3.39. The average Bonchev–Trinajstić information content (AvgIpc) is 2.24. The summed E-state index contributed by atoms with van der Waals surface area (Å²) in [7, 11) is 3.71. The van der Waals surface area contributed by atoms with Crippen molar-refractivity contribution in [2.45, 2.75) is 20.8 Å². The van der Waals surface area contributed by atoms with Gasteiger partial charge in [-0.1, -0.05) is 4.98 Å². The van der Waals surface area contributed by atoms with Gasteiger partial charge in [-0.2, -0.15) is 0 Å². The summed E-state index contributed by atoms with van der Waals surface area (Å²) < 4.78 is 1.93. The Morgan fingerprint density at radius 2 is 2.13 bits per heavy atom. The molecule has 4 heteroatoms. The molecule has 1 heterocycles. The number of nitrogens with zero attached hydrogens (tertiary/aromatic N) is 3. The molecule has 0 radical (unpaired) electrons. The molecule has 0 spiro atoms. The Morgan fingerprint density at radius 1 is 1.53 bits per heavy atom. The van der Waals surface area contributed by atoms with Crippen LogP contribution in [0.5, 0.6) is 0 Å². The fourth-order valence-electron chi connectivity index (χ4n) is 1.32. The number of aromatic nitrogens is 2. The van der Waals surface area contributed by atoms with E-state index in [1.807, 2.05) is 32.4 Å². The van der Waals surface area contributed by atoms with Gasteiger partial charge in [-0.05, 0) is 13.8 Å². The first kappa shape index (κ1) is 11.6. The lowest BCUT2D eigenvalue weighted by Gasteiger charge is -2.14. The lowest BCUT2D eigenvalue weighted by molar-refractivity contribution is -0.687. The van der Waals surface area contributed by atoms with Gasteiger partial charge in [-0.15, -0.1) is 0 Å². The van der Waals surface area contributed by atoms with Gasteiger partial charge < -0.3 is 4.90 Å². The summed E-state index contributed by atoms with van der Waals surface area (Å²) in [5.41, 5.74) is 1.63. The van der Waals surface area contributed by atoms with Gasteiger partial charge in [0.05, 0.1) is 7.05 Å². The van der Waals surface area contributed by atoms with Crippen molar-refractivity contribution in [3.05, 3.63) is 23.3 Å². The molecule has 0 aliphatic rings. The maximum absolute atomic E-state index is 11.9. The summed E-state index contributed by atoms with van der Waals surface area (Å²) in [5.74, 6) is 0.932. The molecule has 0 aromatic carbocycles. The summed E-state index contributed by atoms with van der Waals surface area (Å²) in [6.45, 7) is 6.51. The molecule has 0 fully saturated rings. The molecule has 15 heavy (non-hydrogen) atoms. The maximum atomic E-state index is 11.9. The SMILES string of the molecule is CCN(C)C(=O)c1cnc(C)[n+](C)c1C. The van der Waals surface area contributed by atoms with Crippen LogP contribution < -0.4 is 4.57 Å². The highest BCUT2D eigenvalue weighted by atomic mass is 16.2. The molecule has 0 N–H and O–H groups in total. The standard InChI is InChI=1S/C11H18N3O/c1-6-13(4)11(15)10-7-12-9(3)14(5)8(10)2/h7H,6H2,1-5H3/q+1. The van der Waals surface area contributed by atoms with Gasteiger partial charge in [-0.25, -0.2) is 4.57 Å². The van der Waals surface area contributed by atoms with Gasteiger partial charge in [-0.3, -0.25) is 4.79 Å². The highest BCUT2D eigenvalue weighted by Crippen LogP contribution is 2.05. The predicted molar refractivity (Wildman–Crippen MR) is 57.5 cm³/mol. The Bertz CT molecular complexity index is 388. The third-order valence-electron chi connectivity index (χ3n) is 2.81. The Hall–Kier alpha value is -1.45. The van der Waals surface area contributed by atoms with E-state index in [0.29, 0.717) is 12.1 Å². The third-order valence-corrected chi connectivity index (χ3v) is 2.81. The molecule has 0 aliphatic heterocycles. The smallest absolute Gasteiger partial charge is 0.295 e. The van der Waals surface area contributed by atoms with E-state index in [4.69, 9.17) is 0 Å². The number of rotatable bonds is 2. The fraction of sp³-hybridized carbons (Fsp3) is 0.545. The maximum Gasteiger partial charge on any atom is 0.295 e. The van der Waals surface area contributed by atoms with E-state index in [2.05, 4.69) is 4.98 Å². The second kappa shape index (κ2) is 4.38. The number of hydrogen-bond donors (Lipinski definition) is 0. The number of carbonyl (C=O) groups is 1. The molecule has 1 rings (SSSR count). The van der Waals surface area contributed by atoms with Crippen LogP contribution in [-0.4, -0.2) is 29.4 Å². The van der Waals surface area contributed by atoms with E-state index in [9.17, 15) is 4.79 Å². The van der Waals surface area contributed by atoms with Crippen molar-refractivity contribution >= 4 is 5.91 Å². The zero-order chi connectivity index (χ0) is 11.6. The van der Waals surface area contributed by atoms with Gasteiger partial charge in [0.2, 0.25) is 0 Å². The first-order chi connectivity index (χ1) is 6.99. The second-order valence-electron chi connectivity index (χ2n) is 3.68. The topological polar surface area (TPSA) is 37.1 Å². The normalized spacial score (nSPS) is 10.2. The minimum Gasteiger partial charge on any atom is -0.342 e. The fourth-order valence-corrected chi connectivity index (χ4v) is 1.32. The molecule has 1 amide bonds. The van der Waals surface area contributed by atoms with Gasteiger partial charge in [0, 0.05) is 20.5 Å². The van der Waals surface area contributed by atoms with E-state index in [-0.39, 0.29) is 5.91 Å². The Balaban J connectivity index is 3.16. The summed E-state index contributed by atoms with van der Waals surface area (Å²) in [4.78, 5) is 17.8. The van der Waals surface area contributed by atoms with Crippen LogP contribution in [0.15, 0.2) is 6.20 Å². The van der Waals surface area contributed by atoms with Crippen LogP contribution in [0.4, 0.5) is 0 Å². The lowest BCUT2D eigenvalue weighted by Crippen LogP contribution is -2.40. The number of aryl methyl sites for hydroxylation is 1. The zero-order valence-corrected chi connectivity index (χ0v) is 10.0.